The van der Waals surface area contributed by atoms with E-state index in [2.05, 4.69) is 27.9 Å². The maximum Gasteiger partial charge on any atom is 0.234 e. The van der Waals surface area contributed by atoms with Crippen molar-refractivity contribution in [1.82, 2.24) is 25.6 Å². The first kappa shape index (κ1) is 13.6. The molecule has 0 unspecified atom stereocenters. The largest absolute Gasteiger partial charge is 0.350 e. The summed E-state index contributed by atoms with van der Waals surface area (Å²) in [5, 5.41) is 13.6. The Labute approximate surface area is 102 Å². The summed E-state index contributed by atoms with van der Waals surface area (Å²) in [5.74, 6) is 0.0236. The van der Waals surface area contributed by atoms with Crippen molar-refractivity contribution in [3.8, 4) is 0 Å². The van der Waals surface area contributed by atoms with Crippen LogP contribution in [-0.2, 0) is 11.3 Å². The van der Waals surface area contributed by atoms with Crippen LogP contribution in [0.4, 0.5) is 0 Å². The van der Waals surface area contributed by atoms with Crippen LogP contribution >= 0.6 is 0 Å². The van der Waals surface area contributed by atoms with Crippen LogP contribution in [0.15, 0.2) is 12.4 Å². The second-order valence-electron chi connectivity index (χ2n) is 4.63. The molecule has 0 aliphatic rings. The van der Waals surface area contributed by atoms with Gasteiger partial charge in [0.1, 0.15) is 0 Å². The number of hydrogen-bond acceptors (Lipinski definition) is 4. The average molecular weight is 239 g/mol. The van der Waals surface area contributed by atoms with Crippen molar-refractivity contribution in [1.29, 1.82) is 0 Å². The third kappa shape index (κ3) is 5.44. The lowest BCUT2D eigenvalue weighted by atomic mass is 10.0. The molecule has 0 saturated carbocycles. The van der Waals surface area contributed by atoms with Crippen LogP contribution in [0.5, 0.6) is 0 Å². The van der Waals surface area contributed by atoms with Crippen molar-refractivity contribution in [2.24, 2.45) is 0 Å². The molecule has 6 nitrogen and oxygen atoms in total. The van der Waals surface area contributed by atoms with Crippen LogP contribution in [0, 0.1) is 0 Å². The van der Waals surface area contributed by atoms with E-state index in [-0.39, 0.29) is 11.4 Å². The smallest absolute Gasteiger partial charge is 0.234 e. The number of rotatable bonds is 7. The van der Waals surface area contributed by atoms with E-state index < -0.39 is 0 Å². The molecular formula is C11H21N5O. The molecule has 1 amide bonds. The summed E-state index contributed by atoms with van der Waals surface area (Å²) in [6, 6.07) is 0. The molecule has 96 valence electrons. The third-order valence-electron chi connectivity index (χ3n) is 2.64. The topological polar surface area (TPSA) is 71.8 Å². The first-order valence-electron chi connectivity index (χ1n) is 5.89. The van der Waals surface area contributed by atoms with Gasteiger partial charge in [-0.25, -0.2) is 0 Å². The van der Waals surface area contributed by atoms with E-state index in [4.69, 9.17) is 0 Å². The molecule has 0 aromatic carbocycles. The van der Waals surface area contributed by atoms with Gasteiger partial charge < -0.3 is 10.6 Å². The molecule has 2 N–H and O–H groups in total. The summed E-state index contributed by atoms with van der Waals surface area (Å²) in [6.07, 6.45) is 4.34. The number of nitrogens with one attached hydrogen (secondary N) is 2. The molecule has 1 heterocycles. The van der Waals surface area contributed by atoms with Crippen LogP contribution in [0.2, 0.25) is 0 Å². The first-order chi connectivity index (χ1) is 8.03. The summed E-state index contributed by atoms with van der Waals surface area (Å²) in [7, 11) is 0. The number of aromatic nitrogens is 3. The summed E-state index contributed by atoms with van der Waals surface area (Å²) in [4.78, 5) is 11.6. The summed E-state index contributed by atoms with van der Waals surface area (Å²) in [5.41, 5.74) is -0.134. The Kier molecular flexibility index (Phi) is 5.09. The minimum absolute atomic E-state index is 0.0236. The summed E-state index contributed by atoms with van der Waals surface area (Å²) in [6.45, 7) is 7.82. The zero-order valence-corrected chi connectivity index (χ0v) is 10.7. The number of hydrogen-bond donors (Lipinski definition) is 2. The van der Waals surface area contributed by atoms with E-state index in [9.17, 15) is 4.79 Å². The Bertz CT molecular complexity index is 334. The lowest BCUT2D eigenvalue weighted by Gasteiger charge is -2.24. The molecule has 0 bridgehead atoms. The number of amides is 1. The number of carbonyl (C=O) groups is 1. The third-order valence-corrected chi connectivity index (χ3v) is 2.64. The Balaban J connectivity index is 2.12. The van der Waals surface area contributed by atoms with Gasteiger partial charge in [0.2, 0.25) is 5.91 Å². The molecule has 0 atom stereocenters. The Morgan fingerprint density at radius 2 is 2.24 bits per heavy atom. The molecule has 0 aliphatic heterocycles. The molecule has 1 rings (SSSR count). The van der Waals surface area contributed by atoms with Gasteiger partial charge in [-0.2, -0.15) is 0 Å². The van der Waals surface area contributed by atoms with Crippen LogP contribution < -0.4 is 10.6 Å². The van der Waals surface area contributed by atoms with Crippen molar-refractivity contribution >= 4 is 5.91 Å². The fraction of sp³-hybridized carbons (Fsp3) is 0.727. The van der Waals surface area contributed by atoms with Gasteiger partial charge in [0, 0.05) is 18.3 Å². The molecule has 0 saturated heterocycles. The maximum atomic E-state index is 11.6. The summed E-state index contributed by atoms with van der Waals surface area (Å²) < 4.78 is 1.72. The molecule has 1 aromatic rings. The highest BCUT2D eigenvalue weighted by Crippen LogP contribution is 2.05. The quantitative estimate of drug-likeness (QED) is 0.665. The molecular weight excluding hydrogens is 218 g/mol. The monoisotopic (exact) mass is 239 g/mol. The van der Waals surface area contributed by atoms with Gasteiger partial charge in [-0.05, 0) is 20.3 Å². The van der Waals surface area contributed by atoms with Gasteiger partial charge in [-0.1, -0.05) is 12.1 Å². The number of nitrogens with zero attached hydrogens (tertiary/aromatic N) is 3. The van der Waals surface area contributed by atoms with Crippen molar-refractivity contribution < 1.29 is 4.79 Å². The van der Waals surface area contributed by atoms with E-state index in [1.807, 2.05) is 13.8 Å². The van der Waals surface area contributed by atoms with Crippen molar-refractivity contribution in [2.75, 3.05) is 13.1 Å². The second-order valence-corrected chi connectivity index (χ2v) is 4.63. The normalized spacial score (nSPS) is 11.5. The van der Waals surface area contributed by atoms with Gasteiger partial charge in [0.05, 0.1) is 19.3 Å². The SMILES string of the molecule is CCC(C)(C)NC(=O)CNCCn1ccnn1. The summed E-state index contributed by atoms with van der Waals surface area (Å²) >= 11 is 0. The highest BCUT2D eigenvalue weighted by molar-refractivity contribution is 5.78. The molecule has 0 aliphatic carbocycles. The highest BCUT2D eigenvalue weighted by atomic mass is 16.2. The standard InChI is InChI=1S/C11H21N5O/c1-4-11(2,3)14-10(17)9-12-5-7-16-8-6-13-15-16/h6,8,12H,4-5,7,9H2,1-3H3,(H,14,17). The maximum absolute atomic E-state index is 11.6. The lowest BCUT2D eigenvalue weighted by molar-refractivity contribution is -0.121. The molecule has 6 heteroatoms. The molecule has 1 aromatic heterocycles. The van der Waals surface area contributed by atoms with Gasteiger partial charge in [-0.3, -0.25) is 9.48 Å². The van der Waals surface area contributed by atoms with Crippen LogP contribution in [-0.4, -0.2) is 39.5 Å². The molecule has 17 heavy (non-hydrogen) atoms. The van der Waals surface area contributed by atoms with Crippen LogP contribution in [0.3, 0.4) is 0 Å². The van der Waals surface area contributed by atoms with Crippen LogP contribution in [0.1, 0.15) is 27.2 Å². The molecule has 0 radical (unpaired) electrons. The van der Waals surface area contributed by atoms with Crippen molar-refractivity contribution in [3.05, 3.63) is 12.4 Å². The van der Waals surface area contributed by atoms with E-state index in [0.29, 0.717) is 19.6 Å². The van der Waals surface area contributed by atoms with Gasteiger partial charge in [-0.15, -0.1) is 5.10 Å². The van der Waals surface area contributed by atoms with Crippen molar-refractivity contribution in [3.63, 3.8) is 0 Å². The molecule has 0 fully saturated rings. The minimum atomic E-state index is -0.134. The van der Waals surface area contributed by atoms with Gasteiger partial charge in [0.15, 0.2) is 0 Å². The Morgan fingerprint density at radius 1 is 1.47 bits per heavy atom. The van der Waals surface area contributed by atoms with E-state index in [1.165, 1.54) is 0 Å². The van der Waals surface area contributed by atoms with E-state index in [1.54, 1.807) is 17.1 Å². The average Bonchev–Trinajstić information content (AvgIpc) is 2.77. The zero-order valence-electron chi connectivity index (χ0n) is 10.7. The van der Waals surface area contributed by atoms with Crippen LogP contribution in [0.25, 0.3) is 0 Å². The van der Waals surface area contributed by atoms with Gasteiger partial charge in [0.25, 0.3) is 0 Å². The second kappa shape index (κ2) is 6.34. The van der Waals surface area contributed by atoms with E-state index >= 15 is 0 Å². The highest BCUT2D eigenvalue weighted by Gasteiger charge is 2.16. The predicted octanol–water partition coefficient (Wildman–Crippen LogP) is 0.173. The zero-order chi connectivity index (χ0) is 12.7. The fourth-order valence-corrected chi connectivity index (χ4v) is 1.26. The lowest BCUT2D eigenvalue weighted by Crippen LogP contribution is -2.46. The predicted molar refractivity (Wildman–Crippen MR) is 65.4 cm³/mol. The Hall–Kier alpha value is -1.43. The van der Waals surface area contributed by atoms with Crippen molar-refractivity contribution in [2.45, 2.75) is 39.3 Å². The Morgan fingerprint density at radius 3 is 2.82 bits per heavy atom. The number of carbonyl (C=O) groups excluding carboxylic acids is 1. The fourth-order valence-electron chi connectivity index (χ4n) is 1.26. The molecule has 0 spiro atoms. The van der Waals surface area contributed by atoms with E-state index in [0.717, 1.165) is 6.42 Å². The first-order valence-corrected chi connectivity index (χ1v) is 5.89. The van der Waals surface area contributed by atoms with Gasteiger partial charge >= 0.3 is 0 Å². The minimum Gasteiger partial charge on any atom is -0.350 e.